The molecule has 126 valence electrons. The summed E-state index contributed by atoms with van der Waals surface area (Å²) in [5, 5.41) is 0.769. The van der Waals surface area contributed by atoms with Crippen LogP contribution in [0.2, 0.25) is 10.0 Å². The fourth-order valence-electron chi connectivity index (χ4n) is 1.70. The van der Waals surface area contributed by atoms with Crippen LogP contribution in [0.5, 0.6) is 5.75 Å². The van der Waals surface area contributed by atoms with Gasteiger partial charge in [0.1, 0.15) is 5.75 Å². The molecule has 24 heavy (non-hydrogen) atoms. The Labute approximate surface area is 162 Å². The normalized spacial score (nSPS) is 10.2. The lowest BCUT2D eigenvalue weighted by Crippen LogP contribution is -2.43. The van der Waals surface area contributed by atoms with E-state index in [0.29, 0.717) is 21.4 Å². The average Bonchev–Trinajstić information content (AvgIpc) is 2.54. The highest BCUT2D eigenvalue weighted by Gasteiger charge is 2.10. The van der Waals surface area contributed by atoms with Gasteiger partial charge in [0, 0.05) is 14.2 Å². The van der Waals surface area contributed by atoms with Crippen LogP contribution in [0, 0.1) is 10.5 Å². The molecular formula is C16H13Cl2IN2O3. The largest absolute Gasteiger partial charge is 0.482 e. The van der Waals surface area contributed by atoms with Gasteiger partial charge < -0.3 is 4.74 Å². The van der Waals surface area contributed by atoms with Gasteiger partial charge in [0.15, 0.2) is 6.61 Å². The van der Waals surface area contributed by atoms with E-state index in [9.17, 15) is 9.59 Å². The lowest BCUT2D eigenvalue weighted by molar-refractivity contribution is -0.123. The zero-order valence-corrected chi connectivity index (χ0v) is 16.2. The highest BCUT2D eigenvalue weighted by Crippen LogP contribution is 2.27. The van der Waals surface area contributed by atoms with E-state index in [2.05, 4.69) is 33.4 Å². The Morgan fingerprint density at radius 2 is 1.88 bits per heavy atom. The first kappa shape index (κ1) is 18.8. The summed E-state index contributed by atoms with van der Waals surface area (Å²) >= 11 is 13.9. The van der Waals surface area contributed by atoms with Crippen LogP contribution in [0.25, 0.3) is 0 Å². The van der Waals surface area contributed by atoms with Crippen LogP contribution in [-0.2, 0) is 4.79 Å². The molecule has 0 aliphatic heterocycles. The van der Waals surface area contributed by atoms with Gasteiger partial charge in [-0.3, -0.25) is 20.4 Å². The molecule has 0 aromatic heterocycles. The van der Waals surface area contributed by atoms with Crippen LogP contribution in [0.15, 0.2) is 36.4 Å². The van der Waals surface area contributed by atoms with Crippen molar-refractivity contribution in [1.82, 2.24) is 10.9 Å². The second kappa shape index (κ2) is 8.55. The van der Waals surface area contributed by atoms with Crippen molar-refractivity contribution >= 4 is 57.6 Å². The number of rotatable bonds is 4. The lowest BCUT2D eigenvalue weighted by atomic mass is 10.1. The van der Waals surface area contributed by atoms with E-state index < -0.39 is 11.8 Å². The molecule has 2 rings (SSSR count). The quantitative estimate of drug-likeness (QED) is 0.519. The number of nitrogens with one attached hydrogen (secondary N) is 2. The first-order valence-electron chi connectivity index (χ1n) is 6.80. The molecule has 0 spiro atoms. The van der Waals surface area contributed by atoms with Gasteiger partial charge in [0.2, 0.25) is 0 Å². The van der Waals surface area contributed by atoms with Crippen molar-refractivity contribution in [2.75, 3.05) is 6.61 Å². The molecule has 0 aliphatic carbocycles. The molecule has 0 aliphatic rings. The molecule has 0 unspecified atom stereocenters. The predicted molar refractivity (Wildman–Crippen MR) is 101 cm³/mol. The number of aryl methyl sites for hydroxylation is 1. The molecule has 2 aromatic rings. The molecule has 2 aromatic carbocycles. The van der Waals surface area contributed by atoms with Gasteiger partial charge in [-0.25, -0.2) is 0 Å². The Bertz CT molecular complexity index is 784. The first-order chi connectivity index (χ1) is 11.4. The summed E-state index contributed by atoms with van der Waals surface area (Å²) in [4.78, 5) is 23.7. The van der Waals surface area contributed by atoms with E-state index in [1.807, 2.05) is 13.0 Å². The third-order valence-electron chi connectivity index (χ3n) is 3.00. The number of hydrogen-bond acceptors (Lipinski definition) is 3. The van der Waals surface area contributed by atoms with E-state index in [0.717, 1.165) is 9.13 Å². The first-order valence-corrected chi connectivity index (χ1v) is 8.63. The zero-order valence-electron chi connectivity index (χ0n) is 12.5. The minimum Gasteiger partial charge on any atom is -0.482 e. The van der Waals surface area contributed by atoms with Crippen molar-refractivity contribution in [2.45, 2.75) is 6.92 Å². The zero-order chi connectivity index (χ0) is 17.7. The summed E-state index contributed by atoms with van der Waals surface area (Å²) in [6.45, 7) is 1.65. The Morgan fingerprint density at radius 3 is 2.54 bits per heavy atom. The third kappa shape index (κ3) is 5.25. The number of benzene rings is 2. The summed E-state index contributed by atoms with van der Waals surface area (Å²) in [6.07, 6.45) is 0. The van der Waals surface area contributed by atoms with E-state index >= 15 is 0 Å². The van der Waals surface area contributed by atoms with Gasteiger partial charge in [-0.05, 0) is 65.4 Å². The highest BCUT2D eigenvalue weighted by molar-refractivity contribution is 14.1. The van der Waals surface area contributed by atoms with Gasteiger partial charge in [0.05, 0.1) is 5.02 Å². The number of ether oxygens (including phenoxy) is 1. The van der Waals surface area contributed by atoms with Crippen molar-refractivity contribution in [2.24, 2.45) is 0 Å². The number of hydrogen-bond donors (Lipinski definition) is 2. The maximum absolute atomic E-state index is 12.0. The van der Waals surface area contributed by atoms with Crippen LogP contribution in [0.4, 0.5) is 0 Å². The van der Waals surface area contributed by atoms with E-state index in [4.69, 9.17) is 27.9 Å². The minimum atomic E-state index is -0.517. The van der Waals surface area contributed by atoms with E-state index in [1.54, 1.807) is 24.3 Å². The van der Waals surface area contributed by atoms with Gasteiger partial charge in [-0.1, -0.05) is 29.3 Å². The second-order valence-corrected chi connectivity index (χ2v) is 6.84. The molecule has 0 saturated carbocycles. The molecule has 0 saturated heterocycles. The van der Waals surface area contributed by atoms with Crippen molar-refractivity contribution in [1.29, 1.82) is 0 Å². The van der Waals surface area contributed by atoms with Crippen molar-refractivity contribution in [3.63, 3.8) is 0 Å². The van der Waals surface area contributed by atoms with Gasteiger partial charge in [0.25, 0.3) is 11.8 Å². The van der Waals surface area contributed by atoms with Crippen LogP contribution >= 0.6 is 45.8 Å². The average molecular weight is 479 g/mol. The molecule has 5 nitrogen and oxygen atoms in total. The van der Waals surface area contributed by atoms with Gasteiger partial charge >= 0.3 is 0 Å². The van der Waals surface area contributed by atoms with Crippen molar-refractivity contribution in [3.8, 4) is 5.75 Å². The van der Waals surface area contributed by atoms with E-state index in [1.165, 1.54) is 6.07 Å². The molecule has 0 radical (unpaired) electrons. The van der Waals surface area contributed by atoms with Gasteiger partial charge in [-0.2, -0.15) is 0 Å². The summed E-state index contributed by atoms with van der Waals surface area (Å²) in [5.41, 5.74) is 6.13. The summed E-state index contributed by atoms with van der Waals surface area (Å²) in [7, 11) is 0. The smallest absolute Gasteiger partial charge is 0.276 e. The van der Waals surface area contributed by atoms with E-state index in [-0.39, 0.29) is 6.61 Å². The maximum Gasteiger partial charge on any atom is 0.276 e. The maximum atomic E-state index is 12.0. The summed E-state index contributed by atoms with van der Waals surface area (Å²) < 4.78 is 6.24. The lowest BCUT2D eigenvalue weighted by Gasteiger charge is -2.10. The van der Waals surface area contributed by atoms with Crippen LogP contribution < -0.4 is 15.6 Å². The number of hydrazine groups is 1. The molecule has 0 fully saturated rings. The number of amides is 2. The number of halogens is 3. The number of carbonyl (C=O) groups is 2. The minimum absolute atomic E-state index is 0.299. The molecule has 2 amide bonds. The Balaban J connectivity index is 1.84. The van der Waals surface area contributed by atoms with Gasteiger partial charge in [-0.15, -0.1) is 0 Å². The molecule has 8 heteroatoms. The van der Waals surface area contributed by atoms with Crippen molar-refractivity contribution < 1.29 is 14.3 Å². The third-order valence-corrected chi connectivity index (χ3v) is 4.69. The monoisotopic (exact) mass is 478 g/mol. The standard InChI is InChI=1S/C16H13Cl2IN2O3/c1-9-2-3-10(6-13(9)19)16(23)21-20-15(22)8-24-14-5-4-11(17)7-12(14)18/h2-7H,8H2,1H3,(H,20,22)(H,21,23). The Morgan fingerprint density at radius 1 is 1.12 bits per heavy atom. The predicted octanol–water partition coefficient (Wildman–Crippen LogP) is 3.75. The summed E-state index contributed by atoms with van der Waals surface area (Å²) in [6, 6.07) is 9.93. The molecule has 0 heterocycles. The van der Waals surface area contributed by atoms with Crippen LogP contribution in [-0.4, -0.2) is 18.4 Å². The fraction of sp³-hybridized carbons (Fsp3) is 0.125. The van der Waals surface area contributed by atoms with Crippen molar-refractivity contribution in [3.05, 3.63) is 61.1 Å². The Hall–Kier alpha value is -1.51. The van der Waals surface area contributed by atoms with Crippen LogP contribution in [0.3, 0.4) is 0 Å². The molecule has 2 N–H and O–H groups in total. The molecule has 0 atom stereocenters. The SMILES string of the molecule is Cc1ccc(C(=O)NNC(=O)COc2ccc(Cl)cc2Cl)cc1I. The Kier molecular flexibility index (Phi) is 6.70. The van der Waals surface area contributed by atoms with Crippen LogP contribution in [0.1, 0.15) is 15.9 Å². The molecular weight excluding hydrogens is 466 g/mol. The topological polar surface area (TPSA) is 67.4 Å². The fourth-order valence-corrected chi connectivity index (χ4v) is 2.68. The molecule has 0 bridgehead atoms. The highest BCUT2D eigenvalue weighted by atomic mass is 127. The summed E-state index contributed by atoms with van der Waals surface area (Å²) in [5.74, 6) is -0.599. The second-order valence-electron chi connectivity index (χ2n) is 4.83. The number of carbonyl (C=O) groups excluding carboxylic acids is 2.